The van der Waals surface area contributed by atoms with Crippen LogP contribution in [0.4, 0.5) is 13.2 Å². The Morgan fingerprint density at radius 2 is 1.73 bits per heavy atom. The summed E-state index contributed by atoms with van der Waals surface area (Å²) in [7, 11) is -5.85. The molecule has 0 aliphatic carbocycles. The molecule has 30 heavy (non-hydrogen) atoms. The SMILES string of the molecule is CC(C)Cn1[c]c(-c2ccc(Cl)cc2)c2cc(OS(=O)(=O)C(F)(F)F)ccc2c1=O. The molecule has 0 amide bonds. The standard InChI is InChI=1S/C20H16ClF3NO4S/c1-12(2)10-25-11-18(13-3-5-14(21)6-4-13)17-9-15(7-8-16(17)19(25)26)29-30(27,28)20(22,23)24/h3-9,12H,10H2,1-2H3. The van der Waals surface area contributed by atoms with Gasteiger partial charge in [-0.25, -0.2) is 0 Å². The van der Waals surface area contributed by atoms with Crippen molar-refractivity contribution in [3.63, 3.8) is 0 Å². The van der Waals surface area contributed by atoms with E-state index in [1.807, 2.05) is 13.8 Å². The highest BCUT2D eigenvalue weighted by molar-refractivity contribution is 7.88. The van der Waals surface area contributed by atoms with Crippen molar-refractivity contribution < 1.29 is 25.8 Å². The lowest BCUT2D eigenvalue weighted by atomic mass is 10.00. The molecule has 1 heterocycles. The number of fused-ring (bicyclic) bond motifs is 1. The molecule has 0 unspecified atom stereocenters. The number of benzene rings is 2. The first-order chi connectivity index (χ1) is 13.9. The van der Waals surface area contributed by atoms with Crippen molar-refractivity contribution in [3.05, 3.63) is 64.0 Å². The lowest BCUT2D eigenvalue weighted by Gasteiger charge is -2.15. The maximum Gasteiger partial charge on any atom is 0.534 e. The Hall–Kier alpha value is -2.52. The third-order valence-corrected chi connectivity index (χ3v) is 5.38. The molecule has 0 spiro atoms. The van der Waals surface area contributed by atoms with E-state index in [0.29, 0.717) is 22.7 Å². The van der Waals surface area contributed by atoms with Crippen LogP contribution in [0.3, 0.4) is 0 Å². The van der Waals surface area contributed by atoms with E-state index < -0.39 is 26.9 Å². The van der Waals surface area contributed by atoms with Gasteiger partial charge in [0.1, 0.15) is 5.75 Å². The summed E-state index contributed by atoms with van der Waals surface area (Å²) >= 11 is 5.92. The molecule has 159 valence electrons. The Morgan fingerprint density at radius 3 is 2.30 bits per heavy atom. The van der Waals surface area contributed by atoms with Crippen LogP contribution in [-0.4, -0.2) is 18.5 Å². The Balaban J connectivity index is 2.25. The highest BCUT2D eigenvalue weighted by Crippen LogP contribution is 2.32. The van der Waals surface area contributed by atoms with Crippen LogP contribution in [0.5, 0.6) is 5.75 Å². The van der Waals surface area contributed by atoms with E-state index in [4.69, 9.17) is 11.6 Å². The summed E-state index contributed by atoms with van der Waals surface area (Å²) < 4.78 is 66.3. The molecule has 0 bridgehead atoms. The Morgan fingerprint density at radius 1 is 1.10 bits per heavy atom. The molecule has 1 aromatic heterocycles. The fourth-order valence-electron chi connectivity index (χ4n) is 2.86. The summed E-state index contributed by atoms with van der Waals surface area (Å²) in [5.74, 6) is -0.432. The second kappa shape index (κ2) is 7.96. The van der Waals surface area contributed by atoms with Crippen LogP contribution in [0, 0.1) is 12.1 Å². The summed E-state index contributed by atoms with van der Waals surface area (Å²) in [4.78, 5) is 12.8. The van der Waals surface area contributed by atoms with Gasteiger partial charge in [0.15, 0.2) is 0 Å². The third-order valence-electron chi connectivity index (χ3n) is 4.15. The van der Waals surface area contributed by atoms with Gasteiger partial charge in [0, 0.05) is 27.9 Å². The zero-order chi connectivity index (χ0) is 22.3. The topological polar surface area (TPSA) is 65.4 Å². The van der Waals surface area contributed by atoms with Gasteiger partial charge in [0.2, 0.25) is 0 Å². The van der Waals surface area contributed by atoms with Crippen LogP contribution in [0.1, 0.15) is 13.8 Å². The molecule has 0 saturated heterocycles. The van der Waals surface area contributed by atoms with E-state index in [0.717, 1.165) is 12.1 Å². The molecule has 3 aromatic rings. The molecule has 0 fully saturated rings. The number of halogens is 4. The highest BCUT2D eigenvalue weighted by Gasteiger charge is 2.48. The van der Waals surface area contributed by atoms with E-state index in [2.05, 4.69) is 10.4 Å². The first kappa shape index (κ1) is 22.2. The molecule has 3 rings (SSSR count). The van der Waals surface area contributed by atoms with Gasteiger partial charge in [-0.3, -0.25) is 4.79 Å². The Kier molecular flexibility index (Phi) is 5.88. The molecule has 0 aliphatic heterocycles. The van der Waals surface area contributed by atoms with Crippen LogP contribution < -0.4 is 9.74 Å². The van der Waals surface area contributed by atoms with Crippen molar-refractivity contribution in [2.45, 2.75) is 25.9 Å². The van der Waals surface area contributed by atoms with Gasteiger partial charge in [-0.1, -0.05) is 37.6 Å². The van der Waals surface area contributed by atoms with Crippen LogP contribution >= 0.6 is 11.6 Å². The fraction of sp³-hybridized carbons (Fsp3) is 0.250. The second-order valence-corrected chi connectivity index (χ2v) is 8.97. The van der Waals surface area contributed by atoms with E-state index >= 15 is 0 Å². The fourth-order valence-corrected chi connectivity index (χ4v) is 3.44. The second-order valence-electron chi connectivity index (χ2n) is 6.99. The Labute approximate surface area is 175 Å². The molecule has 0 aliphatic rings. The van der Waals surface area contributed by atoms with E-state index in [-0.39, 0.29) is 16.7 Å². The summed E-state index contributed by atoms with van der Waals surface area (Å²) in [6.45, 7) is 4.22. The minimum Gasteiger partial charge on any atom is -0.376 e. The monoisotopic (exact) mass is 458 g/mol. The van der Waals surface area contributed by atoms with Gasteiger partial charge in [-0.2, -0.15) is 21.6 Å². The number of aromatic nitrogens is 1. The number of rotatable bonds is 5. The van der Waals surface area contributed by atoms with E-state index in [1.54, 1.807) is 24.3 Å². The molecule has 0 N–H and O–H groups in total. The number of alkyl halides is 3. The van der Waals surface area contributed by atoms with Crippen LogP contribution in [0.25, 0.3) is 21.9 Å². The van der Waals surface area contributed by atoms with Gasteiger partial charge < -0.3 is 8.75 Å². The normalized spacial score (nSPS) is 12.5. The highest BCUT2D eigenvalue weighted by atomic mass is 35.5. The first-order valence-electron chi connectivity index (χ1n) is 8.75. The zero-order valence-corrected chi connectivity index (χ0v) is 17.4. The quantitative estimate of drug-likeness (QED) is 0.398. The average molecular weight is 459 g/mol. The molecule has 5 nitrogen and oxygen atoms in total. The predicted molar refractivity (Wildman–Crippen MR) is 108 cm³/mol. The largest absolute Gasteiger partial charge is 0.534 e. The maximum atomic E-state index is 12.8. The molecular formula is C20H16ClF3NO4S. The maximum absolute atomic E-state index is 12.8. The van der Waals surface area contributed by atoms with Crippen molar-refractivity contribution in [1.29, 1.82) is 0 Å². The van der Waals surface area contributed by atoms with Gasteiger partial charge >= 0.3 is 15.6 Å². The van der Waals surface area contributed by atoms with Crippen molar-refractivity contribution in [1.82, 2.24) is 4.57 Å². The molecule has 1 radical (unpaired) electrons. The van der Waals surface area contributed by atoms with Crippen molar-refractivity contribution in [2.75, 3.05) is 0 Å². The summed E-state index contributed by atoms with van der Waals surface area (Å²) in [5.41, 5.74) is -4.98. The summed E-state index contributed by atoms with van der Waals surface area (Å²) in [6.07, 6.45) is 2.98. The Bertz CT molecular complexity index is 1250. The number of pyridine rings is 1. The first-order valence-corrected chi connectivity index (χ1v) is 10.5. The van der Waals surface area contributed by atoms with Crippen LogP contribution in [0.15, 0.2) is 47.3 Å². The molecular weight excluding hydrogens is 443 g/mol. The van der Waals surface area contributed by atoms with Gasteiger partial charge in [-0.15, -0.1) is 0 Å². The van der Waals surface area contributed by atoms with Crippen LogP contribution in [-0.2, 0) is 16.7 Å². The van der Waals surface area contributed by atoms with Crippen molar-refractivity contribution in [2.24, 2.45) is 5.92 Å². The summed E-state index contributed by atoms with van der Waals surface area (Å²) in [5, 5.41) is 0.868. The number of hydrogen-bond acceptors (Lipinski definition) is 4. The lowest BCUT2D eigenvalue weighted by Crippen LogP contribution is -2.28. The average Bonchev–Trinajstić information content (AvgIpc) is 2.63. The lowest BCUT2D eigenvalue weighted by molar-refractivity contribution is -0.0500. The van der Waals surface area contributed by atoms with Gasteiger partial charge in [0.05, 0.1) is 6.20 Å². The minimum absolute atomic E-state index is 0.133. The third kappa shape index (κ3) is 4.46. The number of hydrogen-bond donors (Lipinski definition) is 0. The predicted octanol–water partition coefficient (Wildman–Crippen LogP) is 5.01. The minimum atomic E-state index is -5.85. The van der Waals surface area contributed by atoms with Gasteiger partial charge in [0.25, 0.3) is 5.56 Å². The van der Waals surface area contributed by atoms with E-state index in [1.165, 1.54) is 10.6 Å². The molecule has 10 heteroatoms. The molecule has 2 aromatic carbocycles. The number of nitrogens with zero attached hydrogens (tertiary/aromatic N) is 1. The molecule has 0 atom stereocenters. The molecule has 0 saturated carbocycles. The van der Waals surface area contributed by atoms with Gasteiger partial charge in [-0.05, 0) is 41.8 Å². The van der Waals surface area contributed by atoms with E-state index in [9.17, 15) is 26.4 Å². The zero-order valence-electron chi connectivity index (χ0n) is 15.8. The van der Waals surface area contributed by atoms with Crippen molar-refractivity contribution in [3.8, 4) is 16.9 Å². The smallest absolute Gasteiger partial charge is 0.376 e. The van der Waals surface area contributed by atoms with Crippen LogP contribution in [0.2, 0.25) is 5.02 Å². The van der Waals surface area contributed by atoms with Crippen molar-refractivity contribution >= 4 is 32.5 Å². The summed E-state index contributed by atoms with van der Waals surface area (Å²) in [6, 6.07) is 9.89.